The largest absolute Gasteiger partial charge is 0.314 e. The van der Waals surface area contributed by atoms with Gasteiger partial charge < -0.3 is 5.32 Å². The molecule has 2 nitrogen and oxygen atoms in total. The molecule has 16 heavy (non-hydrogen) atoms. The van der Waals surface area contributed by atoms with Gasteiger partial charge in [-0.1, -0.05) is 29.3 Å². The van der Waals surface area contributed by atoms with Gasteiger partial charge in [-0.05, 0) is 24.6 Å². The molecule has 4 heteroatoms. The fraction of sp³-hybridized carbons (Fsp3) is 0.500. The van der Waals surface area contributed by atoms with E-state index in [2.05, 4.69) is 17.1 Å². The second kappa shape index (κ2) is 5.37. The molecule has 1 N–H and O–H groups in total. The van der Waals surface area contributed by atoms with Gasteiger partial charge in [0.1, 0.15) is 0 Å². The topological polar surface area (TPSA) is 15.3 Å². The van der Waals surface area contributed by atoms with Crippen LogP contribution in [0.5, 0.6) is 0 Å². The van der Waals surface area contributed by atoms with Crippen molar-refractivity contribution in [3.05, 3.63) is 33.8 Å². The summed E-state index contributed by atoms with van der Waals surface area (Å²) in [4.78, 5) is 2.45. The van der Waals surface area contributed by atoms with E-state index in [1.165, 1.54) is 5.56 Å². The fourth-order valence-corrected chi connectivity index (χ4v) is 2.31. The van der Waals surface area contributed by atoms with Crippen molar-refractivity contribution >= 4 is 23.2 Å². The molecule has 0 radical (unpaired) electrons. The van der Waals surface area contributed by atoms with Crippen LogP contribution in [0.3, 0.4) is 0 Å². The number of hydrogen-bond donors (Lipinski definition) is 1. The predicted octanol–water partition coefficient (Wildman–Crippen LogP) is 2.79. The summed E-state index contributed by atoms with van der Waals surface area (Å²) in [6.07, 6.45) is 0. The van der Waals surface area contributed by atoms with Crippen LogP contribution in [-0.4, -0.2) is 30.6 Å². The Balaban J connectivity index is 2.05. The van der Waals surface area contributed by atoms with Gasteiger partial charge in [0.05, 0.1) is 10.0 Å². The van der Waals surface area contributed by atoms with E-state index in [9.17, 15) is 0 Å². The highest BCUT2D eigenvalue weighted by molar-refractivity contribution is 6.42. The Labute approximate surface area is 107 Å². The zero-order valence-corrected chi connectivity index (χ0v) is 10.9. The van der Waals surface area contributed by atoms with Crippen molar-refractivity contribution in [3.63, 3.8) is 0 Å². The Morgan fingerprint density at radius 3 is 2.88 bits per heavy atom. The summed E-state index contributed by atoms with van der Waals surface area (Å²) in [5, 5.41) is 4.65. The first-order valence-corrected chi connectivity index (χ1v) is 6.31. The van der Waals surface area contributed by atoms with Crippen LogP contribution in [0.2, 0.25) is 10.0 Å². The zero-order valence-electron chi connectivity index (χ0n) is 9.34. The first kappa shape index (κ1) is 12.2. The van der Waals surface area contributed by atoms with Crippen LogP contribution in [0.25, 0.3) is 0 Å². The minimum atomic E-state index is 0.572. The molecule has 0 aromatic heterocycles. The molecule has 1 saturated heterocycles. The number of halogens is 2. The molecule has 0 saturated carbocycles. The van der Waals surface area contributed by atoms with Gasteiger partial charge in [0.25, 0.3) is 0 Å². The van der Waals surface area contributed by atoms with Gasteiger partial charge in [-0.25, -0.2) is 0 Å². The monoisotopic (exact) mass is 258 g/mol. The highest BCUT2D eigenvalue weighted by Gasteiger charge is 2.17. The summed E-state index contributed by atoms with van der Waals surface area (Å²) in [7, 11) is 0. The molecule has 88 valence electrons. The van der Waals surface area contributed by atoms with E-state index in [4.69, 9.17) is 23.2 Å². The average molecular weight is 259 g/mol. The molecule has 1 atom stereocenters. The van der Waals surface area contributed by atoms with Gasteiger partial charge >= 0.3 is 0 Å². The minimum Gasteiger partial charge on any atom is -0.314 e. The third kappa shape index (κ3) is 2.89. The molecule has 1 aromatic carbocycles. The second-order valence-electron chi connectivity index (χ2n) is 4.27. The lowest BCUT2D eigenvalue weighted by Crippen LogP contribution is -2.49. The molecule has 0 spiro atoms. The van der Waals surface area contributed by atoms with E-state index in [0.717, 1.165) is 26.2 Å². The number of piperazine rings is 1. The SMILES string of the molecule is C[C@@H]1CNCCN1Cc1ccc(Cl)c(Cl)c1. The first-order chi connectivity index (χ1) is 7.66. The second-order valence-corrected chi connectivity index (χ2v) is 5.09. The van der Waals surface area contributed by atoms with Crippen molar-refractivity contribution in [3.8, 4) is 0 Å². The van der Waals surface area contributed by atoms with Crippen molar-refractivity contribution < 1.29 is 0 Å². The predicted molar refractivity (Wildman–Crippen MR) is 69.2 cm³/mol. The third-order valence-corrected chi connectivity index (χ3v) is 3.75. The van der Waals surface area contributed by atoms with Crippen molar-refractivity contribution in [1.29, 1.82) is 0 Å². The van der Waals surface area contributed by atoms with Gasteiger partial charge in [-0.2, -0.15) is 0 Å². The van der Waals surface area contributed by atoms with Crippen LogP contribution < -0.4 is 5.32 Å². The molecular formula is C12H16Cl2N2. The highest BCUT2D eigenvalue weighted by Crippen LogP contribution is 2.23. The zero-order chi connectivity index (χ0) is 11.5. The van der Waals surface area contributed by atoms with Crippen LogP contribution in [0.15, 0.2) is 18.2 Å². The summed E-state index contributed by atoms with van der Waals surface area (Å²) in [6, 6.07) is 6.44. The van der Waals surface area contributed by atoms with E-state index in [1.807, 2.05) is 18.2 Å². The lowest BCUT2D eigenvalue weighted by molar-refractivity contribution is 0.165. The Kier molecular flexibility index (Phi) is 4.09. The van der Waals surface area contributed by atoms with Crippen LogP contribution in [0, 0.1) is 0 Å². The maximum atomic E-state index is 6.01. The molecular weight excluding hydrogens is 243 g/mol. The number of benzene rings is 1. The fourth-order valence-electron chi connectivity index (χ4n) is 1.99. The van der Waals surface area contributed by atoms with Gasteiger partial charge in [-0.15, -0.1) is 0 Å². The normalized spacial score (nSPS) is 22.3. The molecule has 2 rings (SSSR count). The molecule has 1 aromatic rings. The average Bonchev–Trinajstić information content (AvgIpc) is 2.27. The molecule has 0 bridgehead atoms. The number of nitrogens with zero attached hydrogens (tertiary/aromatic N) is 1. The van der Waals surface area contributed by atoms with E-state index in [1.54, 1.807) is 0 Å². The van der Waals surface area contributed by atoms with Crippen LogP contribution in [0.4, 0.5) is 0 Å². The Morgan fingerprint density at radius 2 is 2.19 bits per heavy atom. The van der Waals surface area contributed by atoms with Crippen LogP contribution in [-0.2, 0) is 6.54 Å². The first-order valence-electron chi connectivity index (χ1n) is 5.55. The summed E-state index contributed by atoms with van der Waals surface area (Å²) in [6.45, 7) is 6.39. The van der Waals surface area contributed by atoms with Crippen LogP contribution in [0.1, 0.15) is 12.5 Å². The Bertz CT molecular complexity index is 368. The molecule has 0 unspecified atom stereocenters. The van der Waals surface area contributed by atoms with Crippen molar-refractivity contribution in [2.45, 2.75) is 19.5 Å². The Morgan fingerprint density at radius 1 is 1.38 bits per heavy atom. The summed E-state index contributed by atoms with van der Waals surface area (Å²) in [5.41, 5.74) is 1.23. The standard InChI is InChI=1S/C12H16Cl2N2/c1-9-7-15-4-5-16(9)8-10-2-3-11(13)12(14)6-10/h2-3,6,9,15H,4-5,7-8H2,1H3/t9-/m1/s1. The number of nitrogens with one attached hydrogen (secondary N) is 1. The maximum absolute atomic E-state index is 6.01. The van der Waals surface area contributed by atoms with Gasteiger partial charge in [-0.3, -0.25) is 4.90 Å². The maximum Gasteiger partial charge on any atom is 0.0595 e. The quantitative estimate of drug-likeness (QED) is 0.878. The molecule has 1 heterocycles. The Hall–Kier alpha value is -0.280. The van der Waals surface area contributed by atoms with E-state index in [0.29, 0.717) is 16.1 Å². The molecule has 0 aliphatic carbocycles. The molecule has 1 aliphatic heterocycles. The van der Waals surface area contributed by atoms with Crippen molar-refractivity contribution in [2.24, 2.45) is 0 Å². The van der Waals surface area contributed by atoms with Crippen LogP contribution >= 0.6 is 23.2 Å². The van der Waals surface area contributed by atoms with Crippen molar-refractivity contribution in [1.82, 2.24) is 10.2 Å². The summed E-state index contributed by atoms with van der Waals surface area (Å²) in [5.74, 6) is 0. The summed E-state index contributed by atoms with van der Waals surface area (Å²) < 4.78 is 0. The lowest BCUT2D eigenvalue weighted by atomic mass is 10.1. The molecule has 1 fully saturated rings. The van der Waals surface area contributed by atoms with Gasteiger partial charge in [0.15, 0.2) is 0 Å². The van der Waals surface area contributed by atoms with Gasteiger partial charge in [0.2, 0.25) is 0 Å². The number of hydrogen-bond acceptors (Lipinski definition) is 2. The van der Waals surface area contributed by atoms with Gasteiger partial charge in [0, 0.05) is 32.2 Å². The van der Waals surface area contributed by atoms with E-state index in [-0.39, 0.29) is 0 Å². The highest BCUT2D eigenvalue weighted by atomic mass is 35.5. The minimum absolute atomic E-state index is 0.572. The number of rotatable bonds is 2. The molecule has 0 amide bonds. The third-order valence-electron chi connectivity index (χ3n) is 3.01. The van der Waals surface area contributed by atoms with Crippen molar-refractivity contribution in [2.75, 3.05) is 19.6 Å². The van der Waals surface area contributed by atoms with E-state index >= 15 is 0 Å². The summed E-state index contributed by atoms with van der Waals surface area (Å²) >= 11 is 11.9. The smallest absolute Gasteiger partial charge is 0.0595 e. The molecule has 1 aliphatic rings. The van der Waals surface area contributed by atoms with E-state index < -0.39 is 0 Å². The lowest BCUT2D eigenvalue weighted by Gasteiger charge is -2.33.